The van der Waals surface area contributed by atoms with E-state index < -0.39 is 9.84 Å². The topological polar surface area (TPSA) is 47.0 Å². The van der Waals surface area contributed by atoms with Gasteiger partial charge in [-0.25, -0.2) is 13.4 Å². The Kier molecular flexibility index (Phi) is 4.00. The van der Waals surface area contributed by atoms with Crippen LogP contribution in [0.5, 0.6) is 0 Å². The summed E-state index contributed by atoms with van der Waals surface area (Å²) in [6.45, 7) is 0. The zero-order valence-corrected chi connectivity index (χ0v) is 13.1. The molecule has 0 aliphatic heterocycles. The van der Waals surface area contributed by atoms with Gasteiger partial charge in [-0.05, 0) is 55.0 Å². The maximum atomic E-state index is 12.6. The summed E-state index contributed by atoms with van der Waals surface area (Å²) >= 11 is 5.96. The molecule has 0 radical (unpaired) electrons. The van der Waals surface area contributed by atoms with Crippen LogP contribution in [0.4, 0.5) is 0 Å². The predicted molar refractivity (Wildman–Crippen MR) is 83.2 cm³/mol. The van der Waals surface area contributed by atoms with Crippen LogP contribution in [-0.2, 0) is 28.4 Å². The highest BCUT2D eigenvalue weighted by Crippen LogP contribution is 2.26. The van der Waals surface area contributed by atoms with Crippen LogP contribution in [0.1, 0.15) is 29.5 Å². The van der Waals surface area contributed by atoms with Crippen LogP contribution >= 0.6 is 11.6 Å². The molecule has 0 bridgehead atoms. The summed E-state index contributed by atoms with van der Waals surface area (Å²) in [7, 11) is -3.39. The molecule has 0 N–H and O–H groups in total. The Morgan fingerprint density at radius 2 is 1.86 bits per heavy atom. The van der Waals surface area contributed by atoms with Crippen molar-refractivity contribution in [2.75, 3.05) is 0 Å². The lowest BCUT2D eigenvalue weighted by atomic mass is 9.92. The van der Waals surface area contributed by atoms with Gasteiger partial charge in [-0.15, -0.1) is 0 Å². The van der Waals surface area contributed by atoms with Gasteiger partial charge >= 0.3 is 0 Å². The van der Waals surface area contributed by atoms with E-state index in [9.17, 15) is 8.42 Å². The lowest BCUT2D eigenvalue weighted by Crippen LogP contribution is -2.09. The van der Waals surface area contributed by atoms with Crippen molar-refractivity contribution in [2.24, 2.45) is 0 Å². The van der Waals surface area contributed by atoms with Gasteiger partial charge in [0.05, 0.1) is 10.6 Å². The summed E-state index contributed by atoms with van der Waals surface area (Å²) in [5.74, 6) is -0.113. The fourth-order valence-corrected chi connectivity index (χ4v) is 4.39. The number of hydrogen-bond acceptors (Lipinski definition) is 3. The predicted octanol–water partition coefficient (Wildman–Crippen LogP) is 3.59. The second-order valence-corrected chi connectivity index (χ2v) is 7.70. The van der Waals surface area contributed by atoms with Crippen LogP contribution in [0.2, 0.25) is 5.15 Å². The van der Waals surface area contributed by atoms with Gasteiger partial charge in [0.25, 0.3) is 0 Å². The Hall–Kier alpha value is -1.39. The van der Waals surface area contributed by atoms with Gasteiger partial charge in [0.15, 0.2) is 9.84 Å². The molecule has 2 aromatic rings. The molecule has 3 rings (SSSR count). The molecule has 0 spiro atoms. The van der Waals surface area contributed by atoms with Crippen LogP contribution < -0.4 is 0 Å². The van der Waals surface area contributed by atoms with Crippen molar-refractivity contribution in [3.63, 3.8) is 0 Å². The normalized spacial score (nSPS) is 14.7. The lowest BCUT2D eigenvalue weighted by molar-refractivity contribution is 0.594. The second-order valence-electron chi connectivity index (χ2n) is 5.35. The zero-order chi connectivity index (χ0) is 14.9. The molecular weight excluding hydrogens is 306 g/mol. The first kappa shape index (κ1) is 14.5. The van der Waals surface area contributed by atoms with Gasteiger partial charge in [0.1, 0.15) is 5.15 Å². The van der Waals surface area contributed by atoms with Crippen molar-refractivity contribution >= 4 is 21.4 Å². The maximum Gasteiger partial charge on any atom is 0.182 e. The number of fused-ring (bicyclic) bond motifs is 1. The van der Waals surface area contributed by atoms with Crippen LogP contribution in [0.15, 0.2) is 41.4 Å². The number of aryl methyl sites for hydroxylation is 2. The number of benzene rings is 1. The highest BCUT2D eigenvalue weighted by molar-refractivity contribution is 7.90. The SMILES string of the molecule is O=S(=O)(Cc1cccnc1Cl)c1ccc2c(c1)CCCC2. The van der Waals surface area contributed by atoms with Gasteiger partial charge in [-0.3, -0.25) is 0 Å². The summed E-state index contributed by atoms with van der Waals surface area (Å²) in [6, 6.07) is 8.89. The van der Waals surface area contributed by atoms with Crippen molar-refractivity contribution in [1.82, 2.24) is 4.98 Å². The number of halogens is 1. The number of pyridine rings is 1. The van der Waals surface area contributed by atoms with E-state index in [2.05, 4.69) is 4.98 Å². The molecule has 0 fully saturated rings. The van der Waals surface area contributed by atoms with E-state index in [1.165, 1.54) is 17.5 Å². The summed E-state index contributed by atoms with van der Waals surface area (Å²) in [6.07, 6.45) is 5.88. The van der Waals surface area contributed by atoms with Crippen molar-refractivity contribution < 1.29 is 8.42 Å². The average molecular weight is 322 g/mol. The number of hydrogen-bond donors (Lipinski definition) is 0. The third-order valence-corrected chi connectivity index (χ3v) is 5.86. The van der Waals surface area contributed by atoms with E-state index in [0.29, 0.717) is 10.5 Å². The maximum absolute atomic E-state index is 12.6. The largest absolute Gasteiger partial charge is 0.244 e. The molecule has 1 aliphatic carbocycles. The molecule has 0 amide bonds. The standard InChI is InChI=1S/C16H16ClNO2S/c17-16-14(6-3-9-18-16)11-21(19,20)15-8-7-12-4-1-2-5-13(12)10-15/h3,6-10H,1-2,4-5,11H2. The Labute approximate surface area is 129 Å². The van der Waals surface area contributed by atoms with Gasteiger partial charge in [0.2, 0.25) is 0 Å². The van der Waals surface area contributed by atoms with Crippen molar-refractivity contribution in [2.45, 2.75) is 36.3 Å². The van der Waals surface area contributed by atoms with Gasteiger partial charge < -0.3 is 0 Å². The minimum atomic E-state index is -3.39. The average Bonchev–Trinajstić information content (AvgIpc) is 2.49. The number of aromatic nitrogens is 1. The smallest absolute Gasteiger partial charge is 0.182 e. The van der Waals surface area contributed by atoms with E-state index in [-0.39, 0.29) is 10.9 Å². The molecule has 21 heavy (non-hydrogen) atoms. The molecule has 1 aliphatic rings. The molecular formula is C16H16ClNO2S. The van der Waals surface area contributed by atoms with Gasteiger partial charge in [-0.2, -0.15) is 0 Å². The van der Waals surface area contributed by atoms with Crippen molar-refractivity contribution in [3.05, 3.63) is 58.4 Å². The minimum absolute atomic E-state index is 0.113. The number of rotatable bonds is 3. The molecule has 5 heteroatoms. The van der Waals surface area contributed by atoms with Crippen LogP contribution in [-0.4, -0.2) is 13.4 Å². The Balaban J connectivity index is 1.93. The van der Waals surface area contributed by atoms with Gasteiger partial charge in [-0.1, -0.05) is 23.7 Å². The highest BCUT2D eigenvalue weighted by atomic mass is 35.5. The van der Waals surface area contributed by atoms with Crippen molar-refractivity contribution in [1.29, 1.82) is 0 Å². The molecule has 1 aromatic carbocycles. The fraction of sp³-hybridized carbons (Fsp3) is 0.312. The monoisotopic (exact) mass is 321 g/mol. The lowest BCUT2D eigenvalue weighted by Gasteiger charge is -2.16. The molecule has 110 valence electrons. The Morgan fingerprint density at radius 3 is 2.62 bits per heavy atom. The molecule has 0 saturated heterocycles. The van der Waals surface area contributed by atoms with E-state index in [4.69, 9.17) is 11.6 Å². The van der Waals surface area contributed by atoms with Gasteiger partial charge in [0, 0.05) is 11.8 Å². The molecule has 0 atom stereocenters. The second kappa shape index (κ2) is 5.78. The van der Waals surface area contributed by atoms with E-state index >= 15 is 0 Å². The first-order chi connectivity index (χ1) is 10.1. The third kappa shape index (κ3) is 3.11. The van der Waals surface area contributed by atoms with Crippen LogP contribution in [0, 0.1) is 0 Å². The molecule has 3 nitrogen and oxygen atoms in total. The molecule has 0 unspecified atom stereocenters. The first-order valence-electron chi connectivity index (χ1n) is 7.00. The summed E-state index contributed by atoms with van der Waals surface area (Å²) in [5, 5.41) is 0.249. The molecule has 0 saturated carbocycles. The first-order valence-corrected chi connectivity index (χ1v) is 9.03. The van der Waals surface area contributed by atoms with Crippen LogP contribution in [0.25, 0.3) is 0 Å². The quantitative estimate of drug-likeness (QED) is 0.812. The van der Waals surface area contributed by atoms with Crippen LogP contribution in [0.3, 0.4) is 0 Å². The number of sulfone groups is 1. The fourth-order valence-electron chi connectivity index (χ4n) is 2.72. The summed E-state index contributed by atoms with van der Waals surface area (Å²) < 4.78 is 25.1. The van der Waals surface area contributed by atoms with Crippen molar-refractivity contribution in [3.8, 4) is 0 Å². The number of nitrogens with zero attached hydrogens (tertiary/aromatic N) is 1. The highest BCUT2D eigenvalue weighted by Gasteiger charge is 2.19. The zero-order valence-electron chi connectivity index (χ0n) is 11.5. The summed E-state index contributed by atoms with van der Waals surface area (Å²) in [5.41, 5.74) is 2.98. The molecule has 1 heterocycles. The molecule has 1 aromatic heterocycles. The third-order valence-electron chi connectivity index (χ3n) is 3.86. The Bertz CT molecular complexity index is 772. The Morgan fingerprint density at radius 1 is 1.10 bits per heavy atom. The van der Waals surface area contributed by atoms with E-state index in [1.54, 1.807) is 24.4 Å². The van der Waals surface area contributed by atoms with E-state index in [1.807, 2.05) is 12.1 Å². The summed E-state index contributed by atoms with van der Waals surface area (Å²) in [4.78, 5) is 4.31. The van der Waals surface area contributed by atoms with E-state index in [0.717, 1.165) is 19.3 Å². The minimum Gasteiger partial charge on any atom is -0.244 e.